The number of thiocarbonyl (C=S) groups is 1. The zero-order chi connectivity index (χ0) is 21.8. The molecular formula is C22H23N3O4S. The number of nitrogens with zero attached hydrogens (tertiary/aromatic N) is 2. The molecule has 156 valence electrons. The average Bonchev–Trinajstić information content (AvgIpc) is 2.76. The molecule has 8 heteroatoms. The fourth-order valence-corrected chi connectivity index (χ4v) is 3.94. The minimum atomic E-state index is -0.608. The van der Waals surface area contributed by atoms with E-state index in [0.29, 0.717) is 28.4 Å². The molecule has 1 aliphatic heterocycles. The molecule has 1 N–H and O–H groups in total. The van der Waals surface area contributed by atoms with Gasteiger partial charge in [-0.1, -0.05) is 43.3 Å². The average molecular weight is 426 g/mol. The molecule has 2 aromatic rings. The summed E-state index contributed by atoms with van der Waals surface area (Å²) in [5.74, 6) is 0.0130. The topological polar surface area (TPSA) is 84.7 Å². The van der Waals surface area contributed by atoms with Crippen LogP contribution in [-0.4, -0.2) is 34.4 Å². The van der Waals surface area contributed by atoms with E-state index in [0.717, 1.165) is 12.1 Å². The minimum absolute atomic E-state index is 0.146. The number of nitro benzene ring substituents is 1. The molecule has 1 aliphatic rings. The standard InChI is InChI=1S/C22H23N3O4S/c1-4-12-24-14(2)19(21(26)15-8-6-5-7-9-15)20(23-22(24)30)16-10-11-18(29-3)17(13-16)25(27)28/h5-11,13,20H,4,12H2,1-3H3,(H,23,30). The summed E-state index contributed by atoms with van der Waals surface area (Å²) < 4.78 is 5.11. The van der Waals surface area contributed by atoms with Crippen LogP contribution >= 0.6 is 12.2 Å². The van der Waals surface area contributed by atoms with Crippen molar-refractivity contribution in [2.45, 2.75) is 26.3 Å². The SMILES string of the molecule is CCCN1C(=S)NC(c2ccc(OC)c([N+](=O)[O-])c2)C(C(=O)c2ccccc2)=C1C. The maximum absolute atomic E-state index is 13.5. The van der Waals surface area contributed by atoms with Crippen LogP contribution in [0.1, 0.15) is 42.2 Å². The number of methoxy groups -OCH3 is 1. The van der Waals surface area contributed by atoms with Crippen LogP contribution in [0.4, 0.5) is 5.69 Å². The highest BCUT2D eigenvalue weighted by Crippen LogP contribution is 2.36. The second-order valence-corrected chi connectivity index (χ2v) is 7.30. The number of nitrogens with one attached hydrogen (secondary N) is 1. The third-order valence-corrected chi connectivity index (χ3v) is 5.40. The molecule has 1 heterocycles. The van der Waals surface area contributed by atoms with Crippen LogP contribution in [0, 0.1) is 10.1 Å². The van der Waals surface area contributed by atoms with E-state index >= 15 is 0 Å². The van der Waals surface area contributed by atoms with Crippen LogP contribution in [-0.2, 0) is 0 Å². The molecule has 0 saturated heterocycles. The summed E-state index contributed by atoms with van der Waals surface area (Å²) >= 11 is 5.55. The van der Waals surface area contributed by atoms with Gasteiger partial charge < -0.3 is 15.0 Å². The molecule has 0 bridgehead atoms. The lowest BCUT2D eigenvalue weighted by molar-refractivity contribution is -0.385. The number of nitro groups is 1. The Morgan fingerprint density at radius 2 is 1.97 bits per heavy atom. The largest absolute Gasteiger partial charge is 0.490 e. The van der Waals surface area contributed by atoms with Gasteiger partial charge in [0.05, 0.1) is 18.1 Å². The Kier molecular flexibility index (Phi) is 6.47. The molecular weight excluding hydrogens is 402 g/mol. The minimum Gasteiger partial charge on any atom is -0.490 e. The molecule has 0 amide bonds. The molecule has 3 rings (SSSR count). The van der Waals surface area contributed by atoms with Crippen molar-refractivity contribution in [1.29, 1.82) is 0 Å². The van der Waals surface area contributed by atoms with Crippen molar-refractivity contribution in [3.8, 4) is 5.75 Å². The molecule has 0 aromatic heterocycles. The fourth-order valence-electron chi connectivity index (χ4n) is 3.59. The Hall–Kier alpha value is -3.26. The van der Waals surface area contributed by atoms with Crippen molar-refractivity contribution in [1.82, 2.24) is 10.2 Å². The van der Waals surface area contributed by atoms with Gasteiger partial charge in [0.15, 0.2) is 16.6 Å². The molecule has 7 nitrogen and oxygen atoms in total. The van der Waals surface area contributed by atoms with Gasteiger partial charge in [-0.15, -0.1) is 0 Å². The van der Waals surface area contributed by atoms with Crippen molar-refractivity contribution in [3.05, 3.63) is 81.0 Å². The lowest BCUT2D eigenvalue weighted by atomic mass is 9.89. The van der Waals surface area contributed by atoms with Crippen molar-refractivity contribution in [2.24, 2.45) is 0 Å². The second-order valence-electron chi connectivity index (χ2n) is 6.92. The zero-order valence-electron chi connectivity index (χ0n) is 17.0. The van der Waals surface area contributed by atoms with E-state index < -0.39 is 11.0 Å². The number of ketones is 1. The third-order valence-electron chi connectivity index (χ3n) is 5.06. The first kappa shape index (κ1) is 21.4. The van der Waals surface area contributed by atoms with Gasteiger partial charge in [-0.05, 0) is 37.2 Å². The van der Waals surface area contributed by atoms with Crippen LogP contribution in [0.3, 0.4) is 0 Å². The quantitative estimate of drug-likeness (QED) is 0.305. The van der Waals surface area contributed by atoms with Gasteiger partial charge in [-0.2, -0.15) is 0 Å². The summed E-state index contributed by atoms with van der Waals surface area (Å²) in [5, 5.41) is 15.2. The van der Waals surface area contributed by atoms with E-state index in [9.17, 15) is 14.9 Å². The van der Waals surface area contributed by atoms with Crippen molar-refractivity contribution < 1.29 is 14.5 Å². The molecule has 1 atom stereocenters. The fraction of sp³-hybridized carbons (Fsp3) is 0.273. The number of hydrogen-bond donors (Lipinski definition) is 1. The zero-order valence-corrected chi connectivity index (χ0v) is 17.9. The van der Waals surface area contributed by atoms with Crippen molar-refractivity contribution in [3.63, 3.8) is 0 Å². The van der Waals surface area contributed by atoms with Gasteiger partial charge in [0.1, 0.15) is 0 Å². The Labute approximate surface area is 180 Å². The van der Waals surface area contributed by atoms with Crippen molar-refractivity contribution in [2.75, 3.05) is 13.7 Å². The Balaban J connectivity index is 2.16. The number of hydrogen-bond acceptors (Lipinski definition) is 5. The maximum atomic E-state index is 13.5. The number of ether oxygens (including phenoxy) is 1. The number of Topliss-reactive ketones (excluding diaryl/α,β-unsaturated/α-hetero) is 1. The summed E-state index contributed by atoms with van der Waals surface area (Å²) in [6.45, 7) is 4.57. The smallest absolute Gasteiger partial charge is 0.311 e. The Morgan fingerprint density at radius 3 is 2.57 bits per heavy atom. The lowest BCUT2D eigenvalue weighted by Crippen LogP contribution is -2.47. The summed E-state index contributed by atoms with van der Waals surface area (Å²) in [5.41, 5.74) is 2.22. The molecule has 2 aromatic carbocycles. The van der Waals surface area contributed by atoms with Crippen LogP contribution < -0.4 is 10.1 Å². The number of carbonyl (C=O) groups excluding carboxylic acids is 1. The lowest BCUT2D eigenvalue weighted by Gasteiger charge is -2.38. The second kappa shape index (κ2) is 9.04. The van der Waals surface area contributed by atoms with Gasteiger partial charge in [0, 0.05) is 29.4 Å². The highest BCUT2D eigenvalue weighted by atomic mass is 32.1. The van der Waals surface area contributed by atoms with E-state index in [-0.39, 0.29) is 17.2 Å². The Bertz CT molecular complexity index is 1020. The molecule has 0 fully saturated rings. The highest BCUT2D eigenvalue weighted by Gasteiger charge is 2.35. The molecule has 30 heavy (non-hydrogen) atoms. The number of allylic oxidation sites excluding steroid dienone is 1. The van der Waals surface area contributed by atoms with Crippen LogP contribution in [0.5, 0.6) is 5.75 Å². The first-order chi connectivity index (χ1) is 14.4. The monoisotopic (exact) mass is 425 g/mol. The molecule has 0 saturated carbocycles. The maximum Gasteiger partial charge on any atom is 0.311 e. The molecule has 0 aliphatic carbocycles. The number of rotatable bonds is 7. The third kappa shape index (κ3) is 4.04. The first-order valence-electron chi connectivity index (χ1n) is 9.59. The summed E-state index contributed by atoms with van der Waals surface area (Å²) in [6, 6.07) is 13.1. The Morgan fingerprint density at radius 1 is 1.27 bits per heavy atom. The summed E-state index contributed by atoms with van der Waals surface area (Å²) in [6.07, 6.45) is 0.852. The van der Waals surface area contributed by atoms with E-state index in [2.05, 4.69) is 5.32 Å². The highest BCUT2D eigenvalue weighted by molar-refractivity contribution is 7.80. The number of carbonyl (C=O) groups is 1. The van der Waals surface area contributed by atoms with E-state index in [4.69, 9.17) is 17.0 Å². The van der Waals surface area contributed by atoms with Crippen LogP contribution in [0.25, 0.3) is 0 Å². The van der Waals surface area contributed by atoms with Crippen LogP contribution in [0.2, 0.25) is 0 Å². The molecule has 0 spiro atoms. The van der Waals surface area contributed by atoms with E-state index in [1.165, 1.54) is 19.2 Å². The van der Waals surface area contributed by atoms with Gasteiger partial charge in [0.25, 0.3) is 0 Å². The van der Waals surface area contributed by atoms with Gasteiger partial charge in [-0.3, -0.25) is 14.9 Å². The molecule has 1 unspecified atom stereocenters. The predicted octanol–water partition coefficient (Wildman–Crippen LogP) is 4.40. The van der Waals surface area contributed by atoms with Gasteiger partial charge in [-0.25, -0.2) is 0 Å². The van der Waals surface area contributed by atoms with Gasteiger partial charge >= 0.3 is 5.69 Å². The van der Waals surface area contributed by atoms with E-state index in [1.54, 1.807) is 30.3 Å². The van der Waals surface area contributed by atoms with Crippen LogP contribution in [0.15, 0.2) is 59.8 Å². The summed E-state index contributed by atoms with van der Waals surface area (Å²) in [4.78, 5) is 26.4. The van der Waals surface area contributed by atoms with Gasteiger partial charge in [0.2, 0.25) is 0 Å². The summed E-state index contributed by atoms with van der Waals surface area (Å²) in [7, 11) is 1.38. The normalized spacial score (nSPS) is 16.3. The number of benzene rings is 2. The first-order valence-corrected chi connectivity index (χ1v) is 10.0. The van der Waals surface area contributed by atoms with Crippen molar-refractivity contribution >= 4 is 28.8 Å². The van der Waals surface area contributed by atoms with E-state index in [1.807, 2.05) is 24.8 Å². The predicted molar refractivity (Wildman–Crippen MR) is 119 cm³/mol. The molecule has 0 radical (unpaired) electrons.